The lowest BCUT2D eigenvalue weighted by molar-refractivity contribution is 0.116. The Balaban J connectivity index is 1.78. The van der Waals surface area contributed by atoms with E-state index in [0.29, 0.717) is 12.1 Å². The molecule has 2 atom stereocenters. The van der Waals surface area contributed by atoms with Gasteiger partial charge in [-0.1, -0.05) is 38.1 Å². The summed E-state index contributed by atoms with van der Waals surface area (Å²) >= 11 is 0. The fourth-order valence-corrected chi connectivity index (χ4v) is 3.20. The number of piperazine rings is 1. The van der Waals surface area contributed by atoms with Crippen LogP contribution in [0.3, 0.4) is 0 Å². The molecular weight excluding hydrogens is 258 g/mol. The molecule has 0 saturated carbocycles. The van der Waals surface area contributed by atoms with Crippen molar-refractivity contribution in [1.29, 1.82) is 0 Å². The molecule has 2 heterocycles. The van der Waals surface area contributed by atoms with Gasteiger partial charge in [-0.2, -0.15) is 0 Å². The second-order valence-electron chi connectivity index (χ2n) is 6.00. The summed E-state index contributed by atoms with van der Waals surface area (Å²) in [6.45, 7) is 7.73. The normalized spacial score (nSPS) is 23.5. The summed E-state index contributed by atoms with van der Waals surface area (Å²) in [5.41, 5.74) is 2.29. The molecule has 3 rings (SSSR count). The van der Waals surface area contributed by atoms with Gasteiger partial charge in [-0.15, -0.1) is 0 Å². The molecule has 1 fully saturated rings. The molecule has 3 heteroatoms. The Hall–Kier alpha value is -1.45. The van der Waals surface area contributed by atoms with Crippen molar-refractivity contribution in [3.63, 3.8) is 0 Å². The Morgan fingerprint density at radius 2 is 2.00 bits per heavy atom. The van der Waals surface area contributed by atoms with Crippen LogP contribution in [0.15, 0.2) is 36.4 Å². The van der Waals surface area contributed by atoms with Gasteiger partial charge in [-0.3, -0.25) is 9.88 Å². The molecule has 1 N–H and O–H groups in total. The number of rotatable bonds is 4. The Bertz CT molecular complexity index is 596. The van der Waals surface area contributed by atoms with Crippen LogP contribution in [0.1, 0.15) is 32.4 Å². The quantitative estimate of drug-likeness (QED) is 0.934. The largest absolute Gasteiger partial charge is 0.311 e. The maximum absolute atomic E-state index is 4.83. The highest BCUT2D eigenvalue weighted by Crippen LogP contribution is 2.17. The van der Waals surface area contributed by atoms with Crippen LogP contribution in [-0.2, 0) is 6.54 Å². The van der Waals surface area contributed by atoms with Crippen LogP contribution >= 0.6 is 0 Å². The van der Waals surface area contributed by atoms with Crippen LogP contribution in [0.4, 0.5) is 0 Å². The second-order valence-corrected chi connectivity index (χ2v) is 6.00. The molecule has 1 aliphatic rings. The van der Waals surface area contributed by atoms with E-state index in [1.165, 1.54) is 23.9 Å². The molecule has 0 aliphatic carbocycles. The summed E-state index contributed by atoms with van der Waals surface area (Å²) in [6, 6.07) is 14.0. The van der Waals surface area contributed by atoms with Crippen molar-refractivity contribution >= 4 is 10.9 Å². The summed E-state index contributed by atoms with van der Waals surface area (Å²) in [7, 11) is 0. The van der Waals surface area contributed by atoms with E-state index in [1.807, 2.05) is 0 Å². The van der Waals surface area contributed by atoms with Crippen molar-refractivity contribution in [2.45, 2.75) is 45.3 Å². The van der Waals surface area contributed by atoms with Crippen LogP contribution in [0.5, 0.6) is 0 Å². The van der Waals surface area contributed by atoms with E-state index in [2.05, 4.69) is 60.5 Å². The van der Waals surface area contributed by atoms with E-state index >= 15 is 0 Å². The Labute approximate surface area is 127 Å². The number of para-hydroxylation sites is 1. The summed E-state index contributed by atoms with van der Waals surface area (Å²) in [5.74, 6) is 0. The predicted octanol–water partition coefficient (Wildman–Crippen LogP) is 3.20. The minimum Gasteiger partial charge on any atom is -0.311 e. The number of nitrogens with one attached hydrogen (secondary N) is 1. The van der Waals surface area contributed by atoms with E-state index in [4.69, 9.17) is 4.98 Å². The van der Waals surface area contributed by atoms with Crippen molar-refractivity contribution in [2.24, 2.45) is 0 Å². The van der Waals surface area contributed by atoms with Crippen LogP contribution in [-0.4, -0.2) is 35.1 Å². The van der Waals surface area contributed by atoms with Gasteiger partial charge in [0, 0.05) is 37.1 Å². The Morgan fingerprint density at radius 3 is 2.81 bits per heavy atom. The van der Waals surface area contributed by atoms with Crippen molar-refractivity contribution in [1.82, 2.24) is 15.2 Å². The maximum Gasteiger partial charge on any atom is 0.0705 e. The van der Waals surface area contributed by atoms with Gasteiger partial charge in [0.2, 0.25) is 0 Å². The first-order valence-corrected chi connectivity index (χ1v) is 8.12. The average molecular weight is 283 g/mol. The standard InChI is InChI=1S/C18H25N3/c1-3-15-12-21(17(4-2)11-19-15)13-16-10-9-14-7-5-6-8-18(14)20-16/h5-10,15,17,19H,3-4,11-13H2,1-2H3. The highest BCUT2D eigenvalue weighted by Gasteiger charge is 2.25. The zero-order valence-corrected chi connectivity index (χ0v) is 13.0. The molecule has 0 bridgehead atoms. The number of nitrogens with zero attached hydrogens (tertiary/aromatic N) is 2. The Morgan fingerprint density at radius 1 is 1.14 bits per heavy atom. The molecule has 1 aromatic heterocycles. The third-order valence-electron chi connectivity index (χ3n) is 4.60. The fraction of sp³-hybridized carbons (Fsp3) is 0.500. The van der Waals surface area contributed by atoms with E-state index in [9.17, 15) is 0 Å². The lowest BCUT2D eigenvalue weighted by Crippen LogP contribution is -2.55. The molecule has 1 aromatic carbocycles. The summed E-state index contributed by atoms with van der Waals surface area (Å²) in [6.07, 6.45) is 2.38. The number of aromatic nitrogens is 1. The van der Waals surface area contributed by atoms with Crippen LogP contribution in [0, 0.1) is 0 Å². The van der Waals surface area contributed by atoms with Gasteiger partial charge in [0.05, 0.1) is 11.2 Å². The van der Waals surface area contributed by atoms with Gasteiger partial charge < -0.3 is 5.32 Å². The molecule has 0 amide bonds. The highest BCUT2D eigenvalue weighted by molar-refractivity contribution is 5.78. The number of benzene rings is 1. The molecule has 0 spiro atoms. The minimum absolute atomic E-state index is 0.619. The number of hydrogen-bond donors (Lipinski definition) is 1. The molecule has 1 aliphatic heterocycles. The minimum atomic E-state index is 0.619. The number of hydrogen-bond acceptors (Lipinski definition) is 3. The van der Waals surface area contributed by atoms with Gasteiger partial charge in [-0.05, 0) is 25.0 Å². The third-order valence-corrected chi connectivity index (χ3v) is 4.60. The zero-order chi connectivity index (χ0) is 14.7. The molecule has 112 valence electrons. The van der Waals surface area contributed by atoms with Gasteiger partial charge >= 0.3 is 0 Å². The summed E-state index contributed by atoms with van der Waals surface area (Å²) in [5, 5.41) is 4.88. The second kappa shape index (κ2) is 6.54. The smallest absolute Gasteiger partial charge is 0.0705 e. The van der Waals surface area contributed by atoms with Crippen LogP contribution < -0.4 is 5.32 Å². The molecule has 21 heavy (non-hydrogen) atoms. The first-order valence-electron chi connectivity index (χ1n) is 8.12. The third kappa shape index (κ3) is 3.25. The molecule has 2 aromatic rings. The maximum atomic E-state index is 4.83. The van der Waals surface area contributed by atoms with Crippen molar-refractivity contribution in [2.75, 3.05) is 13.1 Å². The van der Waals surface area contributed by atoms with E-state index in [1.54, 1.807) is 0 Å². The van der Waals surface area contributed by atoms with Crippen LogP contribution in [0.25, 0.3) is 10.9 Å². The van der Waals surface area contributed by atoms with Crippen molar-refractivity contribution in [3.8, 4) is 0 Å². The molecule has 1 saturated heterocycles. The van der Waals surface area contributed by atoms with E-state index in [-0.39, 0.29) is 0 Å². The first-order chi connectivity index (χ1) is 10.3. The first kappa shape index (κ1) is 14.5. The van der Waals surface area contributed by atoms with Crippen LogP contribution in [0.2, 0.25) is 0 Å². The highest BCUT2D eigenvalue weighted by atomic mass is 15.2. The number of fused-ring (bicyclic) bond motifs is 1. The predicted molar refractivity (Wildman–Crippen MR) is 88.3 cm³/mol. The van der Waals surface area contributed by atoms with Crippen molar-refractivity contribution < 1.29 is 0 Å². The zero-order valence-electron chi connectivity index (χ0n) is 13.0. The fourth-order valence-electron chi connectivity index (χ4n) is 3.20. The molecule has 3 nitrogen and oxygen atoms in total. The van der Waals surface area contributed by atoms with Crippen molar-refractivity contribution in [3.05, 3.63) is 42.1 Å². The molecule has 0 radical (unpaired) electrons. The summed E-state index contributed by atoms with van der Waals surface area (Å²) < 4.78 is 0. The molecule has 2 unspecified atom stereocenters. The number of pyridine rings is 1. The molecular formula is C18H25N3. The summed E-state index contributed by atoms with van der Waals surface area (Å²) in [4.78, 5) is 7.43. The Kier molecular flexibility index (Phi) is 4.51. The van der Waals surface area contributed by atoms with Gasteiger partial charge in [0.15, 0.2) is 0 Å². The monoisotopic (exact) mass is 283 g/mol. The van der Waals surface area contributed by atoms with Gasteiger partial charge in [0.1, 0.15) is 0 Å². The average Bonchev–Trinajstić information content (AvgIpc) is 2.54. The SMILES string of the molecule is CCC1CN(Cc2ccc3ccccc3n2)C(CC)CN1. The van der Waals surface area contributed by atoms with Gasteiger partial charge in [0.25, 0.3) is 0 Å². The van der Waals surface area contributed by atoms with Gasteiger partial charge in [-0.25, -0.2) is 0 Å². The lowest BCUT2D eigenvalue weighted by atomic mass is 10.0. The lowest BCUT2D eigenvalue weighted by Gasteiger charge is -2.39. The topological polar surface area (TPSA) is 28.2 Å². The van der Waals surface area contributed by atoms with E-state index in [0.717, 1.165) is 25.2 Å². The van der Waals surface area contributed by atoms with E-state index < -0.39 is 0 Å².